The number of carboxylic acid groups (broad SMARTS) is 1. The van der Waals surface area contributed by atoms with E-state index < -0.39 is 29.5 Å². The van der Waals surface area contributed by atoms with Gasteiger partial charge in [-0.2, -0.15) is 0 Å². The van der Waals surface area contributed by atoms with Crippen molar-refractivity contribution in [2.75, 3.05) is 4.90 Å². The molecule has 1 atom stereocenters. The number of rotatable bonds is 2. The number of nitrogens with zero attached hydrogens (tertiary/aromatic N) is 1. The third kappa shape index (κ3) is 1.85. The molecular formula is C12H10FNO4. The second-order valence-corrected chi connectivity index (χ2v) is 4.14. The topological polar surface area (TPSA) is 74.7 Å². The summed E-state index contributed by atoms with van der Waals surface area (Å²) in [6.45, 7) is 1.57. The van der Waals surface area contributed by atoms with Gasteiger partial charge in [-0.1, -0.05) is 6.92 Å². The van der Waals surface area contributed by atoms with Crippen molar-refractivity contribution >= 4 is 23.5 Å². The zero-order valence-corrected chi connectivity index (χ0v) is 9.51. The molecule has 2 rings (SSSR count). The standard InChI is InChI=1S/C12H10FNO4/c1-6-4-10(15)14(11(6)16)9-5-7(12(17)18)2-3-8(9)13/h2-3,5-6H,4H2,1H3,(H,17,18). The maximum absolute atomic E-state index is 13.6. The first-order valence-corrected chi connectivity index (χ1v) is 5.31. The summed E-state index contributed by atoms with van der Waals surface area (Å²) < 4.78 is 13.6. The average molecular weight is 251 g/mol. The molecule has 1 aromatic rings. The fourth-order valence-corrected chi connectivity index (χ4v) is 1.85. The highest BCUT2D eigenvalue weighted by Gasteiger charge is 2.38. The van der Waals surface area contributed by atoms with Gasteiger partial charge in [0.25, 0.3) is 0 Å². The van der Waals surface area contributed by atoms with Gasteiger partial charge in [-0.3, -0.25) is 9.59 Å². The average Bonchev–Trinajstić information content (AvgIpc) is 2.54. The van der Waals surface area contributed by atoms with Gasteiger partial charge in [0.15, 0.2) is 0 Å². The molecule has 0 aromatic heterocycles. The van der Waals surface area contributed by atoms with Gasteiger partial charge in [0.05, 0.1) is 11.3 Å². The van der Waals surface area contributed by atoms with Crippen LogP contribution in [0.5, 0.6) is 0 Å². The third-order valence-electron chi connectivity index (χ3n) is 2.81. The molecule has 94 valence electrons. The Labute approximate surface area is 102 Å². The molecule has 5 nitrogen and oxygen atoms in total. The Balaban J connectivity index is 2.50. The van der Waals surface area contributed by atoms with Crippen LogP contribution in [0.25, 0.3) is 0 Å². The Morgan fingerprint density at radius 3 is 2.61 bits per heavy atom. The van der Waals surface area contributed by atoms with Gasteiger partial charge in [-0.05, 0) is 18.2 Å². The minimum absolute atomic E-state index is 0.00950. The van der Waals surface area contributed by atoms with Crippen molar-refractivity contribution in [3.05, 3.63) is 29.6 Å². The van der Waals surface area contributed by atoms with Crippen LogP contribution in [0.15, 0.2) is 18.2 Å². The van der Waals surface area contributed by atoms with E-state index in [2.05, 4.69) is 0 Å². The Morgan fingerprint density at radius 1 is 1.44 bits per heavy atom. The van der Waals surface area contributed by atoms with Gasteiger partial charge >= 0.3 is 5.97 Å². The predicted molar refractivity (Wildman–Crippen MR) is 59.6 cm³/mol. The Bertz CT molecular complexity index is 555. The van der Waals surface area contributed by atoms with E-state index >= 15 is 0 Å². The van der Waals surface area contributed by atoms with Crippen LogP contribution in [0.4, 0.5) is 10.1 Å². The Hall–Kier alpha value is -2.24. The molecule has 2 amide bonds. The van der Waals surface area contributed by atoms with Gasteiger partial charge in [-0.25, -0.2) is 14.1 Å². The molecule has 0 bridgehead atoms. The molecule has 1 saturated heterocycles. The fraction of sp³-hybridized carbons (Fsp3) is 0.250. The second-order valence-electron chi connectivity index (χ2n) is 4.14. The van der Waals surface area contributed by atoms with E-state index in [9.17, 15) is 18.8 Å². The van der Waals surface area contributed by atoms with Crippen LogP contribution in [-0.2, 0) is 9.59 Å². The number of amides is 2. The van der Waals surface area contributed by atoms with Crippen molar-refractivity contribution in [2.24, 2.45) is 5.92 Å². The highest BCUT2D eigenvalue weighted by atomic mass is 19.1. The molecule has 1 heterocycles. The van der Waals surface area contributed by atoms with Crippen LogP contribution >= 0.6 is 0 Å². The van der Waals surface area contributed by atoms with Crippen LogP contribution in [0.2, 0.25) is 0 Å². The predicted octanol–water partition coefficient (Wildman–Crippen LogP) is 1.42. The van der Waals surface area contributed by atoms with Gasteiger partial charge in [-0.15, -0.1) is 0 Å². The van der Waals surface area contributed by atoms with E-state index in [1.54, 1.807) is 6.92 Å². The molecule has 18 heavy (non-hydrogen) atoms. The number of carbonyl (C=O) groups is 3. The first-order valence-electron chi connectivity index (χ1n) is 5.31. The largest absolute Gasteiger partial charge is 0.478 e. The Morgan fingerprint density at radius 2 is 2.11 bits per heavy atom. The molecule has 1 aromatic carbocycles. The van der Waals surface area contributed by atoms with Crippen LogP contribution in [0.1, 0.15) is 23.7 Å². The van der Waals surface area contributed by atoms with Gasteiger partial charge in [0.1, 0.15) is 5.82 Å². The molecular weight excluding hydrogens is 241 g/mol. The van der Waals surface area contributed by atoms with Gasteiger partial charge in [0, 0.05) is 12.3 Å². The van der Waals surface area contributed by atoms with Crippen molar-refractivity contribution < 1.29 is 23.9 Å². The Kier molecular flexibility index (Phi) is 2.86. The lowest BCUT2D eigenvalue weighted by Gasteiger charge is -2.15. The zero-order valence-electron chi connectivity index (χ0n) is 9.51. The highest BCUT2D eigenvalue weighted by molar-refractivity contribution is 6.21. The molecule has 1 aliphatic rings. The quantitative estimate of drug-likeness (QED) is 0.807. The molecule has 1 unspecified atom stereocenters. The number of imide groups is 1. The summed E-state index contributed by atoms with van der Waals surface area (Å²) in [5.41, 5.74) is -0.471. The summed E-state index contributed by atoms with van der Waals surface area (Å²) >= 11 is 0. The normalized spacial score (nSPS) is 19.4. The molecule has 6 heteroatoms. The van der Waals surface area contributed by atoms with Gasteiger partial charge < -0.3 is 5.11 Å². The van der Waals surface area contributed by atoms with Crippen LogP contribution < -0.4 is 4.90 Å². The van der Waals surface area contributed by atoms with Gasteiger partial charge in [0.2, 0.25) is 11.8 Å². The van der Waals surface area contributed by atoms with Crippen LogP contribution in [0, 0.1) is 11.7 Å². The van der Waals surface area contributed by atoms with Crippen molar-refractivity contribution in [3.8, 4) is 0 Å². The molecule has 0 aliphatic carbocycles. The summed E-state index contributed by atoms with van der Waals surface area (Å²) in [5.74, 6) is -3.58. The first-order chi connectivity index (χ1) is 8.41. The van der Waals surface area contributed by atoms with E-state index in [0.717, 1.165) is 18.2 Å². The lowest BCUT2D eigenvalue weighted by Crippen LogP contribution is -2.31. The minimum Gasteiger partial charge on any atom is -0.478 e. The highest BCUT2D eigenvalue weighted by Crippen LogP contribution is 2.29. The molecule has 1 fully saturated rings. The van der Waals surface area contributed by atoms with E-state index in [0.29, 0.717) is 4.90 Å². The monoisotopic (exact) mass is 251 g/mol. The van der Waals surface area contributed by atoms with Crippen molar-refractivity contribution in [2.45, 2.75) is 13.3 Å². The minimum atomic E-state index is -1.25. The summed E-state index contributed by atoms with van der Waals surface area (Å²) in [7, 11) is 0. The maximum Gasteiger partial charge on any atom is 0.335 e. The number of hydrogen-bond acceptors (Lipinski definition) is 3. The summed E-state index contributed by atoms with van der Waals surface area (Å²) in [6, 6.07) is 3.00. The molecule has 0 saturated carbocycles. The van der Waals surface area contributed by atoms with Crippen LogP contribution in [0.3, 0.4) is 0 Å². The molecule has 1 N–H and O–H groups in total. The molecule has 0 spiro atoms. The third-order valence-corrected chi connectivity index (χ3v) is 2.81. The number of carbonyl (C=O) groups excluding carboxylic acids is 2. The summed E-state index contributed by atoms with van der Waals surface area (Å²) in [5, 5.41) is 8.82. The van der Waals surface area contributed by atoms with Crippen molar-refractivity contribution in [1.82, 2.24) is 0 Å². The molecule has 1 aliphatic heterocycles. The maximum atomic E-state index is 13.6. The number of halogens is 1. The number of benzene rings is 1. The lowest BCUT2D eigenvalue weighted by molar-refractivity contribution is -0.122. The molecule has 0 radical (unpaired) electrons. The van der Waals surface area contributed by atoms with E-state index in [1.807, 2.05) is 0 Å². The summed E-state index contributed by atoms with van der Waals surface area (Å²) in [4.78, 5) is 34.9. The number of hydrogen-bond donors (Lipinski definition) is 1. The zero-order chi connectivity index (χ0) is 13.4. The van der Waals surface area contributed by atoms with Crippen molar-refractivity contribution in [3.63, 3.8) is 0 Å². The number of carboxylic acids is 1. The van der Waals surface area contributed by atoms with Crippen LogP contribution in [-0.4, -0.2) is 22.9 Å². The van der Waals surface area contributed by atoms with Crippen molar-refractivity contribution in [1.29, 1.82) is 0 Å². The second kappa shape index (κ2) is 4.21. The van der Waals surface area contributed by atoms with E-state index in [1.165, 1.54) is 0 Å². The lowest BCUT2D eigenvalue weighted by atomic mass is 10.1. The number of aromatic carboxylic acids is 1. The first kappa shape index (κ1) is 12.2. The number of anilines is 1. The SMILES string of the molecule is CC1CC(=O)N(c2cc(C(=O)O)ccc2F)C1=O. The van der Waals surface area contributed by atoms with E-state index in [4.69, 9.17) is 5.11 Å². The smallest absolute Gasteiger partial charge is 0.335 e. The fourth-order valence-electron chi connectivity index (χ4n) is 1.85. The van der Waals surface area contributed by atoms with E-state index in [-0.39, 0.29) is 17.7 Å². The summed E-state index contributed by atoms with van der Waals surface area (Å²) in [6.07, 6.45) is 0.00950.